The van der Waals surface area contributed by atoms with Crippen LogP contribution in [-0.4, -0.2) is 55.5 Å². The van der Waals surface area contributed by atoms with Gasteiger partial charge in [0.1, 0.15) is 5.60 Å². The highest BCUT2D eigenvalue weighted by molar-refractivity contribution is 5.68. The highest BCUT2D eigenvalue weighted by Gasteiger charge is 2.28. The van der Waals surface area contributed by atoms with E-state index in [0.29, 0.717) is 12.0 Å². The average molecular weight is 298 g/mol. The van der Waals surface area contributed by atoms with Crippen LogP contribution in [0.3, 0.4) is 0 Å². The normalized spacial score (nSPS) is 24.9. The Hall–Kier alpha value is -0.810. The average Bonchev–Trinajstić information content (AvgIpc) is 2.45. The molecule has 2 aliphatic rings. The molecule has 0 bridgehead atoms. The summed E-state index contributed by atoms with van der Waals surface area (Å²) in [5.74, 6) is 0.536. The maximum atomic E-state index is 12.1. The lowest BCUT2D eigenvalue weighted by Crippen LogP contribution is -2.46. The molecule has 0 radical (unpaired) electrons. The van der Waals surface area contributed by atoms with Crippen molar-refractivity contribution in [2.75, 3.05) is 32.8 Å². The monoisotopic (exact) mass is 298 g/mol. The maximum Gasteiger partial charge on any atom is 0.410 e. The second-order valence-corrected chi connectivity index (χ2v) is 7.23. The molecule has 0 aromatic heterocycles. The Morgan fingerprint density at radius 2 is 2.00 bits per heavy atom. The van der Waals surface area contributed by atoms with Crippen LogP contribution in [0.25, 0.3) is 0 Å². The minimum atomic E-state index is -0.412. The number of hydrogen-bond acceptors (Lipinski definition) is 4. The number of piperidine rings is 1. The van der Waals surface area contributed by atoms with Gasteiger partial charge in [-0.1, -0.05) is 0 Å². The fourth-order valence-corrected chi connectivity index (χ4v) is 2.96. The van der Waals surface area contributed by atoms with Gasteiger partial charge in [0.05, 0.1) is 0 Å². The number of amides is 1. The van der Waals surface area contributed by atoms with Gasteiger partial charge in [-0.05, 0) is 58.9 Å². The molecule has 1 atom stereocenters. The van der Waals surface area contributed by atoms with E-state index in [1.807, 2.05) is 25.7 Å². The molecule has 21 heavy (non-hydrogen) atoms. The van der Waals surface area contributed by atoms with Crippen molar-refractivity contribution in [1.29, 1.82) is 0 Å². The summed E-state index contributed by atoms with van der Waals surface area (Å²) in [5, 5.41) is 3.64. The number of rotatable bonds is 3. The summed E-state index contributed by atoms with van der Waals surface area (Å²) in [6, 6.07) is 0.579. The van der Waals surface area contributed by atoms with Crippen LogP contribution in [0, 0.1) is 5.92 Å². The van der Waals surface area contributed by atoms with Crippen LogP contribution >= 0.6 is 0 Å². The first kappa shape index (κ1) is 16.6. The highest BCUT2D eigenvalue weighted by atomic mass is 16.6. The minimum Gasteiger partial charge on any atom is -0.444 e. The summed E-state index contributed by atoms with van der Waals surface area (Å²) in [6.45, 7) is 10.1. The lowest BCUT2D eigenvalue weighted by molar-refractivity contribution is 0.0161. The van der Waals surface area contributed by atoms with Crippen LogP contribution in [0.5, 0.6) is 0 Å². The first-order valence-corrected chi connectivity index (χ1v) is 8.23. The molecule has 1 amide bonds. The number of nitrogens with one attached hydrogen (secondary N) is 1. The van der Waals surface area contributed by atoms with Crippen LogP contribution in [-0.2, 0) is 9.47 Å². The topological polar surface area (TPSA) is 50.8 Å². The zero-order valence-electron chi connectivity index (χ0n) is 13.7. The van der Waals surface area contributed by atoms with Crippen molar-refractivity contribution >= 4 is 6.09 Å². The lowest BCUT2D eigenvalue weighted by Gasteiger charge is -2.35. The van der Waals surface area contributed by atoms with Gasteiger partial charge in [-0.25, -0.2) is 4.79 Å². The Morgan fingerprint density at radius 3 is 2.67 bits per heavy atom. The van der Waals surface area contributed by atoms with Gasteiger partial charge >= 0.3 is 6.09 Å². The Morgan fingerprint density at radius 1 is 1.29 bits per heavy atom. The molecule has 122 valence electrons. The van der Waals surface area contributed by atoms with Gasteiger partial charge in [-0.2, -0.15) is 0 Å². The molecule has 1 unspecified atom stereocenters. The van der Waals surface area contributed by atoms with Crippen molar-refractivity contribution in [3.8, 4) is 0 Å². The molecule has 0 aromatic carbocycles. The third-order valence-corrected chi connectivity index (χ3v) is 4.09. The highest BCUT2D eigenvalue weighted by Crippen LogP contribution is 2.19. The Labute approximate surface area is 128 Å². The first-order valence-electron chi connectivity index (χ1n) is 8.23. The van der Waals surface area contributed by atoms with Crippen molar-refractivity contribution < 1.29 is 14.3 Å². The minimum absolute atomic E-state index is 0.168. The molecular weight excluding hydrogens is 268 g/mol. The van der Waals surface area contributed by atoms with E-state index >= 15 is 0 Å². The largest absolute Gasteiger partial charge is 0.444 e. The number of carbonyl (C=O) groups is 1. The van der Waals surface area contributed by atoms with Gasteiger partial charge in [-0.15, -0.1) is 0 Å². The molecule has 5 nitrogen and oxygen atoms in total. The van der Waals surface area contributed by atoms with Crippen LogP contribution in [0.15, 0.2) is 0 Å². The van der Waals surface area contributed by atoms with E-state index < -0.39 is 5.60 Å². The van der Waals surface area contributed by atoms with E-state index in [2.05, 4.69) is 5.32 Å². The zero-order chi connectivity index (χ0) is 15.3. The van der Waals surface area contributed by atoms with Crippen molar-refractivity contribution in [2.24, 2.45) is 5.92 Å². The second kappa shape index (κ2) is 7.45. The molecule has 0 saturated carbocycles. The number of carbonyl (C=O) groups excluding carboxylic acids is 1. The number of hydrogen-bond donors (Lipinski definition) is 1. The van der Waals surface area contributed by atoms with Gasteiger partial charge in [0.25, 0.3) is 0 Å². The summed E-state index contributed by atoms with van der Waals surface area (Å²) in [6.07, 6.45) is 4.29. The summed E-state index contributed by atoms with van der Waals surface area (Å²) < 4.78 is 10.8. The van der Waals surface area contributed by atoms with E-state index in [9.17, 15) is 4.79 Å². The quantitative estimate of drug-likeness (QED) is 0.869. The van der Waals surface area contributed by atoms with Crippen LogP contribution < -0.4 is 5.32 Å². The summed E-state index contributed by atoms with van der Waals surface area (Å²) >= 11 is 0. The third kappa shape index (κ3) is 5.83. The molecule has 2 rings (SSSR count). The van der Waals surface area contributed by atoms with E-state index in [1.165, 1.54) is 6.42 Å². The number of ether oxygens (including phenoxy) is 2. The predicted octanol–water partition coefficient (Wildman–Crippen LogP) is 2.40. The maximum absolute atomic E-state index is 12.1. The standard InChI is InChI=1S/C16H30N2O3/c1-16(2,3)21-15(19)18-8-4-5-13(12-18)11-17-14-6-9-20-10-7-14/h13-14,17H,4-12H2,1-3H3. The van der Waals surface area contributed by atoms with Crippen molar-refractivity contribution in [3.63, 3.8) is 0 Å². The number of likely N-dealkylation sites (tertiary alicyclic amines) is 1. The molecule has 2 heterocycles. The van der Waals surface area contributed by atoms with E-state index in [0.717, 1.165) is 52.1 Å². The van der Waals surface area contributed by atoms with E-state index in [1.54, 1.807) is 0 Å². The molecule has 5 heteroatoms. The molecule has 0 spiro atoms. The van der Waals surface area contributed by atoms with Gasteiger partial charge in [0.15, 0.2) is 0 Å². The summed E-state index contributed by atoms with van der Waals surface area (Å²) in [4.78, 5) is 14.0. The van der Waals surface area contributed by atoms with Crippen LogP contribution in [0.1, 0.15) is 46.5 Å². The van der Waals surface area contributed by atoms with Crippen LogP contribution in [0.4, 0.5) is 4.79 Å². The van der Waals surface area contributed by atoms with Crippen LogP contribution in [0.2, 0.25) is 0 Å². The predicted molar refractivity (Wildman–Crippen MR) is 82.4 cm³/mol. The van der Waals surface area contributed by atoms with Gasteiger partial charge in [-0.3, -0.25) is 0 Å². The molecule has 2 aliphatic heterocycles. The zero-order valence-corrected chi connectivity index (χ0v) is 13.7. The van der Waals surface area contributed by atoms with Crippen molar-refractivity contribution in [2.45, 2.75) is 58.1 Å². The molecule has 0 aliphatic carbocycles. The summed E-state index contributed by atoms with van der Waals surface area (Å²) in [7, 11) is 0. The Kier molecular flexibility index (Phi) is 5.88. The fraction of sp³-hybridized carbons (Fsp3) is 0.938. The van der Waals surface area contributed by atoms with Gasteiger partial charge in [0.2, 0.25) is 0 Å². The van der Waals surface area contributed by atoms with Gasteiger partial charge in [0, 0.05) is 32.3 Å². The van der Waals surface area contributed by atoms with Crippen molar-refractivity contribution in [1.82, 2.24) is 10.2 Å². The van der Waals surface area contributed by atoms with Crippen molar-refractivity contribution in [3.05, 3.63) is 0 Å². The fourth-order valence-electron chi connectivity index (χ4n) is 2.96. The molecule has 1 N–H and O–H groups in total. The smallest absolute Gasteiger partial charge is 0.410 e. The van der Waals surface area contributed by atoms with Gasteiger partial charge < -0.3 is 19.7 Å². The molecule has 0 aromatic rings. The SMILES string of the molecule is CC(C)(C)OC(=O)N1CCCC(CNC2CCOCC2)C1. The molecule has 2 fully saturated rings. The molecular formula is C16H30N2O3. The second-order valence-electron chi connectivity index (χ2n) is 7.23. The lowest BCUT2D eigenvalue weighted by atomic mass is 9.97. The first-order chi connectivity index (χ1) is 9.94. The Balaban J connectivity index is 1.73. The Bertz CT molecular complexity index is 335. The molecule has 2 saturated heterocycles. The summed E-state index contributed by atoms with van der Waals surface area (Å²) in [5.41, 5.74) is -0.412. The van der Waals surface area contributed by atoms with E-state index in [4.69, 9.17) is 9.47 Å². The third-order valence-electron chi connectivity index (χ3n) is 4.09. The number of nitrogens with zero attached hydrogens (tertiary/aromatic N) is 1. The van der Waals surface area contributed by atoms with E-state index in [-0.39, 0.29) is 6.09 Å².